The fourth-order valence-corrected chi connectivity index (χ4v) is 1.92. The standard InChI is InChI=1S/C14H20N2/c1-4-14(3)15-9-13(10-16-14)12-7-5-11(2)6-8-12/h5-9,13,16H,4,10H2,1-3H3. The molecule has 2 rings (SSSR count). The van der Waals surface area contributed by atoms with Crippen LogP contribution in [0.2, 0.25) is 0 Å². The molecule has 0 aromatic heterocycles. The third-order valence-corrected chi connectivity index (χ3v) is 3.44. The van der Waals surface area contributed by atoms with Gasteiger partial charge in [0.15, 0.2) is 0 Å². The SMILES string of the molecule is CCC1(C)N=CC(c2ccc(C)cc2)CN1. The van der Waals surface area contributed by atoms with E-state index in [1.165, 1.54) is 11.1 Å². The molecule has 0 radical (unpaired) electrons. The highest BCUT2D eigenvalue weighted by molar-refractivity contribution is 5.69. The zero-order valence-corrected chi connectivity index (χ0v) is 10.3. The fourth-order valence-electron chi connectivity index (χ4n) is 1.92. The van der Waals surface area contributed by atoms with Gasteiger partial charge in [-0.3, -0.25) is 10.3 Å². The second-order valence-corrected chi connectivity index (χ2v) is 4.80. The second-order valence-electron chi connectivity index (χ2n) is 4.80. The van der Waals surface area contributed by atoms with Crippen LogP contribution in [0, 0.1) is 6.92 Å². The van der Waals surface area contributed by atoms with Crippen LogP contribution < -0.4 is 5.32 Å². The molecule has 2 atom stereocenters. The number of benzene rings is 1. The van der Waals surface area contributed by atoms with Crippen molar-refractivity contribution in [3.63, 3.8) is 0 Å². The van der Waals surface area contributed by atoms with Gasteiger partial charge in [0.1, 0.15) is 5.66 Å². The van der Waals surface area contributed by atoms with Crippen LogP contribution in [0.15, 0.2) is 29.3 Å². The van der Waals surface area contributed by atoms with Gasteiger partial charge in [-0.2, -0.15) is 0 Å². The van der Waals surface area contributed by atoms with Crippen LogP contribution in [0.1, 0.15) is 37.3 Å². The van der Waals surface area contributed by atoms with Gasteiger partial charge in [-0.1, -0.05) is 36.8 Å². The predicted molar refractivity (Wildman–Crippen MR) is 69.1 cm³/mol. The highest BCUT2D eigenvalue weighted by Crippen LogP contribution is 2.22. The molecule has 0 aliphatic carbocycles. The molecule has 2 nitrogen and oxygen atoms in total. The first-order valence-electron chi connectivity index (χ1n) is 6.00. The van der Waals surface area contributed by atoms with E-state index in [4.69, 9.17) is 0 Å². The first-order valence-corrected chi connectivity index (χ1v) is 6.00. The lowest BCUT2D eigenvalue weighted by atomic mass is 9.96. The summed E-state index contributed by atoms with van der Waals surface area (Å²) in [5.74, 6) is 0.417. The van der Waals surface area contributed by atoms with Crippen molar-refractivity contribution in [3.8, 4) is 0 Å². The van der Waals surface area contributed by atoms with Crippen molar-refractivity contribution in [3.05, 3.63) is 35.4 Å². The molecule has 2 unspecified atom stereocenters. The quantitative estimate of drug-likeness (QED) is 0.807. The summed E-state index contributed by atoms with van der Waals surface area (Å²) in [6.07, 6.45) is 3.13. The van der Waals surface area contributed by atoms with E-state index in [9.17, 15) is 0 Å². The summed E-state index contributed by atoms with van der Waals surface area (Å²) < 4.78 is 0. The Bertz CT molecular complexity index is 380. The van der Waals surface area contributed by atoms with Crippen molar-refractivity contribution in [2.24, 2.45) is 4.99 Å². The largest absolute Gasteiger partial charge is 0.293 e. The van der Waals surface area contributed by atoms with E-state index in [1.54, 1.807) is 0 Å². The monoisotopic (exact) mass is 216 g/mol. The smallest absolute Gasteiger partial charge is 0.107 e. The topological polar surface area (TPSA) is 24.4 Å². The van der Waals surface area contributed by atoms with E-state index in [0.29, 0.717) is 5.92 Å². The molecular formula is C14H20N2. The van der Waals surface area contributed by atoms with E-state index in [-0.39, 0.29) is 5.66 Å². The summed E-state index contributed by atoms with van der Waals surface area (Å²) in [7, 11) is 0. The van der Waals surface area contributed by atoms with E-state index in [2.05, 4.69) is 61.6 Å². The van der Waals surface area contributed by atoms with Gasteiger partial charge < -0.3 is 0 Å². The molecule has 0 amide bonds. The number of nitrogens with zero attached hydrogens (tertiary/aromatic N) is 1. The number of rotatable bonds is 2. The molecule has 0 saturated carbocycles. The Hall–Kier alpha value is -1.15. The minimum atomic E-state index is -0.0544. The molecule has 16 heavy (non-hydrogen) atoms. The van der Waals surface area contributed by atoms with Gasteiger partial charge in [0.05, 0.1) is 0 Å². The molecule has 0 bridgehead atoms. The number of aryl methyl sites for hydroxylation is 1. The second kappa shape index (κ2) is 4.38. The molecule has 0 fully saturated rings. The molecule has 86 valence electrons. The maximum atomic E-state index is 4.62. The van der Waals surface area contributed by atoms with Gasteiger partial charge in [-0.15, -0.1) is 0 Å². The lowest BCUT2D eigenvalue weighted by Crippen LogP contribution is -2.45. The van der Waals surface area contributed by atoms with E-state index >= 15 is 0 Å². The van der Waals surface area contributed by atoms with Crippen LogP contribution >= 0.6 is 0 Å². The molecule has 1 heterocycles. The summed E-state index contributed by atoms with van der Waals surface area (Å²) >= 11 is 0. The Balaban J connectivity index is 2.14. The maximum Gasteiger partial charge on any atom is 0.107 e. The van der Waals surface area contributed by atoms with Crippen LogP contribution in [-0.4, -0.2) is 18.4 Å². The average molecular weight is 216 g/mol. The van der Waals surface area contributed by atoms with Gasteiger partial charge in [0, 0.05) is 18.7 Å². The molecule has 0 spiro atoms. The predicted octanol–water partition coefficient (Wildman–Crippen LogP) is 2.88. The molecule has 1 aliphatic rings. The Morgan fingerprint density at radius 3 is 2.56 bits per heavy atom. The molecule has 1 N–H and O–H groups in total. The number of hydrogen-bond acceptors (Lipinski definition) is 2. The van der Waals surface area contributed by atoms with Crippen molar-refractivity contribution >= 4 is 6.21 Å². The first-order chi connectivity index (χ1) is 7.63. The summed E-state index contributed by atoms with van der Waals surface area (Å²) in [6, 6.07) is 8.72. The lowest BCUT2D eigenvalue weighted by Gasteiger charge is -2.32. The van der Waals surface area contributed by atoms with E-state index < -0.39 is 0 Å². The van der Waals surface area contributed by atoms with Crippen LogP contribution in [0.5, 0.6) is 0 Å². The van der Waals surface area contributed by atoms with Gasteiger partial charge in [-0.05, 0) is 25.8 Å². The third kappa shape index (κ3) is 2.33. The van der Waals surface area contributed by atoms with Gasteiger partial charge >= 0.3 is 0 Å². The highest BCUT2D eigenvalue weighted by atomic mass is 15.1. The molecular weight excluding hydrogens is 196 g/mol. The first kappa shape index (κ1) is 11.3. The lowest BCUT2D eigenvalue weighted by molar-refractivity contribution is 0.344. The van der Waals surface area contributed by atoms with Crippen LogP contribution in [0.25, 0.3) is 0 Å². The summed E-state index contributed by atoms with van der Waals surface area (Å²) in [4.78, 5) is 4.62. The number of aliphatic imine (C=N–C) groups is 1. The molecule has 0 saturated heterocycles. The fraction of sp³-hybridized carbons (Fsp3) is 0.500. The minimum absolute atomic E-state index is 0.0544. The van der Waals surface area contributed by atoms with E-state index in [1.807, 2.05) is 0 Å². The average Bonchev–Trinajstić information content (AvgIpc) is 2.32. The maximum absolute atomic E-state index is 4.62. The highest BCUT2D eigenvalue weighted by Gasteiger charge is 2.25. The van der Waals surface area contributed by atoms with Crippen molar-refractivity contribution < 1.29 is 0 Å². The molecule has 1 aromatic carbocycles. The van der Waals surface area contributed by atoms with Crippen LogP contribution in [0.4, 0.5) is 0 Å². The van der Waals surface area contributed by atoms with Crippen molar-refractivity contribution in [2.75, 3.05) is 6.54 Å². The van der Waals surface area contributed by atoms with Crippen molar-refractivity contribution in [1.82, 2.24) is 5.32 Å². The number of nitrogens with one attached hydrogen (secondary N) is 1. The van der Waals surface area contributed by atoms with Gasteiger partial charge in [0.25, 0.3) is 0 Å². The van der Waals surface area contributed by atoms with Crippen LogP contribution in [-0.2, 0) is 0 Å². The van der Waals surface area contributed by atoms with E-state index in [0.717, 1.165) is 13.0 Å². The molecule has 2 heteroatoms. The third-order valence-electron chi connectivity index (χ3n) is 3.44. The number of hydrogen-bond donors (Lipinski definition) is 1. The summed E-state index contributed by atoms with van der Waals surface area (Å²) in [6.45, 7) is 7.41. The minimum Gasteiger partial charge on any atom is -0.293 e. The Kier molecular flexibility index (Phi) is 3.10. The normalized spacial score (nSPS) is 29.3. The summed E-state index contributed by atoms with van der Waals surface area (Å²) in [5.41, 5.74) is 2.60. The zero-order chi connectivity index (χ0) is 11.6. The molecule has 1 aromatic rings. The summed E-state index contributed by atoms with van der Waals surface area (Å²) in [5, 5.41) is 3.51. The van der Waals surface area contributed by atoms with Crippen molar-refractivity contribution in [1.29, 1.82) is 0 Å². The Morgan fingerprint density at radius 2 is 2.06 bits per heavy atom. The zero-order valence-electron chi connectivity index (χ0n) is 10.3. The van der Waals surface area contributed by atoms with Gasteiger partial charge in [0.2, 0.25) is 0 Å². The molecule has 1 aliphatic heterocycles. The van der Waals surface area contributed by atoms with Gasteiger partial charge in [-0.25, -0.2) is 0 Å². The van der Waals surface area contributed by atoms with Crippen molar-refractivity contribution in [2.45, 2.75) is 38.8 Å². The van der Waals surface area contributed by atoms with Crippen LogP contribution in [0.3, 0.4) is 0 Å². The Labute approximate surface area is 97.8 Å². The Morgan fingerprint density at radius 1 is 1.38 bits per heavy atom.